The van der Waals surface area contributed by atoms with E-state index in [1.807, 2.05) is 31.0 Å². The summed E-state index contributed by atoms with van der Waals surface area (Å²) in [5, 5.41) is 2.38. The molecule has 2 N–H and O–H groups in total. The molecule has 2 rings (SSSR count). The van der Waals surface area contributed by atoms with Crippen LogP contribution in [0, 0.1) is 5.92 Å². The van der Waals surface area contributed by atoms with Crippen molar-refractivity contribution >= 4 is 29.1 Å². The molecule has 2 unspecified atom stereocenters. The zero-order chi connectivity index (χ0) is 17.0. The first kappa shape index (κ1) is 20.5. The first-order valence-corrected chi connectivity index (χ1v) is 8.39. The lowest BCUT2D eigenvalue weighted by atomic mass is 9.96. The van der Waals surface area contributed by atoms with Crippen LogP contribution in [0.2, 0.25) is 0 Å². The first-order valence-electron chi connectivity index (χ1n) is 8.39. The van der Waals surface area contributed by atoms with Gasteiger partial charge in [-0.05, 0) is 35.6 Å². The summed E-state index contributed by atoms with van der Waals surface area (Å²) in [6.07, 6.45) is 0.838. The van der Waals surface area contributed by atoms with Gasteiger partial charge in [0, 0.05) is 19.6 Å². The fourth-order valence-corrected chi connectivity index (χ4v) is 2.74. The van der Waals surface area contributed by atoms with Crippen molar-refractivity contribution in [1.29, 1.82) is 0 Å². The predicted octanol–water partition coefficient (Wildman–Crippen LogP) is 4.20. The molecule has 0 fully saturated rings. The lowest BCUT2D eigenvalue weighted by molar-refractivity contribution is -0.131. The molecule has 2 atom stereocenters. The van der Waals surface area contributed by atoms with Crippen molar-refractivity contribution in [1.82, 2.24) is 4.90 Å². The van der Waals surface area contributed by atoms with Crippen LogP contribution >= 0.6 is 12.4 Å². The molecule has 0 aliphatic heterocycles. The van der Waals surface area contributed by atoms with E-state index in [9.17, 15) is 4.79 Å². The van der Waals surface area contributed by atoms with Gasteiger partial charge >= 0.3 is 0 Å². The van der Waals surface area contributed by atoms with Crippen LogP contribution in [0.1, 0.15) is 38.7 Å². The molecular weight excluding hydrogens is 320 g/mol. The Balaban J connectivity index is 0.00000288. The van der Waals surface area contributed by atoms with Crippen LogP contribution in [0.5, 0.6) is 0 Å². The minimum Gasteiger partial charge on any atom is -0.345 e. The highest BCUT2D eigenvalue weighted by Gasteiger charge is 2.20. The van der Waals surface area contributed by atoms with Gasteiger partial charge in [-0.25, -0.2) is 0 Å². The van der Waals surface area contributed by atoms with Gasteiger partial charge in [0.05, 0.1) is 5.92 Å². The van der Waals surface area contributed by atoms with E-state index < -0.39 is 0 Å². The van der Waals surface area contributed by atoms with Crippen molar-refractivity contribution < 1.29 is 4.79 Å². The van der Waals surface area contributed by atoms with Crippen molar-refractivity contribution in [3.05, 3.63) is 48.0 Å². The largest absolute Gasteiger partial charge is 0.345 e. The zero-order valence-electron chi connectivity index (χ0n) is 15.0. The molecule has 0 aliphatic rings. The Morgan fingerprint density at radius 2 is 1.71 bits per heavy atom. The minimum absolute atomic E-state index is 0. The Kier molecular flexibility index (Phi) is 7.71. The molecule has 2 aromatic rings. The molecule has 3 nitrogen and oxygen atoms in total. The molecule has 0 radical (unpaired) electrons. The van der Waals surface area contributed by atoms with Crippen LogP contribution < -0.4 is 5.73 Å². The highest BCUT2D eigenvalue weighted by molar-refractivity contribution is 5.87. The second-order valence-electron chi connectivity index (χ2n) is 6.78. The second-order valence-corrected chi connectivity index (χ2v) is 6.78. The number of carbonyl (C=O) groups excluding carboxylic acids is 1. The summed E-state index contributed by atoms with van der Waals surface area (Å²) in [5.74, 6) is 0.451. The maximum Gasteiger partial charge on any atom is 0.229 e. The molecule has 1 amide bonds. The number of hydrogen-bond acceptors (Lipinski definition) is 2. The van der Waals surface area contributed by atoms with E-state index in [-0.39, 0.29) is 30.3 Å². The van der Waals surface area contributed by atoms with Crippen molar-refractivity contribution in [3.63, 3.8) is 0 Å². The fourth-order valence-electron chi connectivity index (χ4n) is 2.74. The highest BCUT2D eigenvalue weighted by atomic mass is 35.5. The average Bonchev–Trinajstić information content (AvgIpc) is 2.57. The van der Waals surface area contributed by atoms with Crippen molar-refractivity contribution in [3.8, 4) is 0 Å². The van der Waals surface area contributed by atoms with Crippen molar-refractivity contribution in [2.24, 2.45) is 11.7 Å². The smallest absolute Gasteiger partial charge is 0.229 e. The van der Waals surface area contributed by atoms with Gasteiger partial charge < -0.3 is 10.6 Å². The summed E-state index contributed by atoms with van der Waals surface area (Å²) in [5.41, 5.74) is 7.14. The zero-order valence-corrected chi connectivity index (χ0v) is 15.8. The van der Waals surface area contributed by atoms with E-state index in [0.29, 0.717) is 12.5 Å². The van der Waals surface area contributed by atoms with Crippen LogP contribution in [-0.2, 0) is 4.79 Å². The van der Waals surface area contributed by atoms with E-state index in [1.54, 1.807) is 0 Å². The average molecular weight is 349 g/mol. The Hall–Kier alpha value is -1.58. The minimum atomic E-state index is -0.139. The van der Waals surface area contributed by atoms with Crippen molar-refractivity contribution in [2.75, 3.05) is 13.6 Å². The van der Waals surface area contributed by atoms with Gasteiger partial charge in [0.15, 0.2) is 0 Å². The number of benzene rings is 2. The van der Waals surface area contributed by atoms with Gasteiger partial charge in [-0.3, -0.25) is 4.79 Å². The standard InChI is InChI=1S/C20H28N2O.ClH/c1-14(2)19(21)11-12-22(4)20(23)15(3)17-10-9-16-7-5-6-8-18(16)13-17;/h5-10,13-15,19H,11-12,21H2,1-4H3;1H. The van der Waals surface area contributed by atoms with Crippen LogP contribution in [0.4, 0.5) is 0 Å². The number of likely N-dealkylation sites (N-methyl/N-ethyl adjacent to an activating group) is 1. The maximum absolute atomic E-state index is 12.6. The number of carbonyl (C=O) groups is 1. The summed E-state index contributed by atoms with van der Waals surface area (Å²) >= 11 is 0. The van der Waals surface area contributed by atoms with Crippen LogP contribution in [-0.4, -0.2) is 30.4 Å². The first-order chi connectivity index (χ1) is 10.9. The molecule has 0 aliphatic carbocycles. The van der Waals surface area contributed by atoms with Crippen LogP contribution in [0.15, 0.2) is 42.5 Å². The van der Waals surface area contributed by atoms with E-state index >= 15 is 0 Å². The Bertz CT molecular complexity index is 671. The quantitative estimate of drug-likeness (QED) is 0.850. The summed E-state index contributed by atoms with van der Waals surface area (Å²) in [4.78, 5) is 14.5. The Labute approximate surface area is 151 Å². The summed E-state index contributed by atoms with van der Waals surface area (Å²) in [6.45, 7) is 6.91. The van der Waals surface area contributed by atoms with Gasteiger partial charge in [0.25, 0.3) is 0 Å². The molecule has 4 heteroatoms. The van der Waals surface area contributed by atoms with Crippen LogP contribution in [0.3, 0.4) is 0 Å². The number of rotatable bonds is 6. The normalized spacial score (nSPS) is 13.4. The number of nitrogens with zero attached hydrogens (tertiary/aromatic N) is 1. The number of hydrogen-bond donors (Lipinski definition) is 1. The molecule has 0 bridgehead atoms. The van der Waals surface area contributed by atoms with Crippen molar-refractivity contribution in [2.45, 2.75) is 39.2 Å². The lowest BCUT2D eigenvalue weighted by Crippen LogP contribution is -2.36. The van der Waals surface area contributed by atoms with E-state index in [1.165, 1.54) is 10.8 Å². The molecule has 0 spiro atoms. The van der Waals surface area contributed by atoms with Gasteiger partial charge in [0.2, 0.25) is 5.91 Å². The van der Waals surface area contributed by atoms with Gasteiger partial charge in [0.1, 0.15) is 0 Å². The third kappa shape index (κ3) is 4.96. The Morgan fingerprint density at radius 1 is 1.08 bits per heavy atom. The predicted molar refractivity (Wildman–Crippen MR) is 105 cm³/mol. The third-order valence-corrected chi connectivity index (χ3v) is 4.67. The summed E-state index contributed by atoms with van der Waals surface area (Å²) < 4.78 is 0. The van der Waals surface area contributed by atoms with Crippen LogP contribution in [0.25, 0.3) is 10.8 Å². The molecule has 0 saturated carbocycles. The number of nitrogens with two attached hydrogens (primary N) is 1. The number of amides is 1. The Morgan fingerprint density at radius 3 is 2.33 bits per heavy atom. The molecule has 0 aromatic heterocycles. The topological polar surface area (TPSA) is 46.3 Å². The summed E-state index contributed by atoms with van der Waals surface area (Å²) in [6, 6.07) is 14.6. The van der Waals surface area contributed by atoms with Gasteiger partial charge in [-0.1, -0.05) is 56.3 Å². The molecule has 24 heavy (non-hydrogen) atoms. The number of fused-ring (bicyclic) bond motifs is 1. The summed E-state index contributed by atoms with van der Waals surface area (Å²) in [7, 11) is 1.87. The van der Waals surface area contributed by atoms with E-state index in [0.717, 1.165) is 12.0 Å². The molecule has 0 heterocycles. The van der Waals surface area contributed by atoms with E-state index in [2.05, 4.69) is 44.2 Å². The molecule has 0 saturated heterocycles. The third-order valence-electron chi connectivity index (χ3n) is 4.67. The van der Waals surface area contributed by atoms with E-state index in [4.69, 9.17) is 5.73 Å². The fraction of sp³-hybridized carbons (Fsp3) is 0.450. The monoisotopic (exact) mass is 348 g/mol. The lowest BCUT2D eigenvalue weighted by Gasteiger charge is -2.24. The second kappa shape index (κ2) is 9.05. The molecule has 2 aromatic carbocycles. The maximum atomic E-state index is 12.6. The number of halogens is 1. The molecular formula is C20H29ClN2O. The molecule has 132 valence electrons. The van der Waals surface area contributed by atoms with Gasteiger partial charge in [-0.2, -0.15) is 0 Å². The SMILES string of the molecule is CC(C(=O)N(C)CCC(N)C(C)C)c1ccc2ccccc2c1.Cl. The highest BCUT2D eigenvalue weighted by Crippen LogP contribution is 2.23. The van der Waals surface area contributed by atoms with Gasteiger partial charge in [-0.15, -0.1) is 12.4 Å².